The van der Waals surface area contributed by atoms with E-state index >= 15 is 0 Å². The fourth-order valence-electron chi connectivity index (χ4n) is 1.15. The molecule has 6 heteroatoms. The van der Waals surface area contributed by atoms with E-state index in [0.717, 1.165) is 10.5 Å². The zero-order valence-corrected chi connectivity index (χ0v) is 10.5. The average Bonchev–Trinajstić information content (AvgIpc) is 2.26. The monoisotopic (exact) mass is 264 g/mol. The van der Waals surface area contributed by atoms with E-state index in [-0.39, 0.29) is 30.7 Å². The molecular formula is C10H14ClFN2OS. The van der Waals surface area contributed by atoms with Gasteiger partial charge >= 0.3 is 0 Å². The minimum absolute atomic E-state index is 0. The maximum atomic E-state index is 12.9. The highest BCUT2D eigenvalue weighted by Crippen LogP contribution is 2.20. The van der Waals surface area contributed by atoms with Gasteiger partial charge in [0, 0.05) is 11.4 Å². The van der Waals surface area contributed by atoms with Crippen molar-refractivity contribution < 1.29 is 9.18 Å². The van der Waals surface area contributed by atoms with E-state index in [0.29, 0.717) is 6.54 Å². The van der Waals surface area contributed by atoms with E-state index in [4.69, 9.17) is 5.73 Å². The number of hydrogen-bond acceptors (Lipinski definition) is 3. The molecular weight excluding hydrogens is 251 g/mol. The van der Waals surface area contributed by atoms with Crippen LogP contribution in [0, 0.1) is 5.82 Å². The number of carbonyl (C=O) groups is 1. The Balaban J connectivity index is 0.00000225. The third kappa shape index (κ3) is 4.38. The lowest BCUT2D eigenvalue weighted by Gasteiger charge is -2.08. The topological polar surface area (TPSA) is 55.1 Å². The third-order valence-electron chi connectivity index (χ3n) is 1.90. The van der Waals surface area contributed by atoms with Gasteiger partial charge in [-0.2, -0.15) is 0 Å². The van der Waals surface area contributed by atoms with Crippen molar-refractivity contribution in [3.8, 4) is 0 Å². The smallest absolute Gasteiger partial charge is 0.234 e. The van der Waals surface area contributed by atoms with Gasteiger partial charge < -0.3 is 11.1 Å². The summed E-state index contributed by atoms with van der Waals surface area (Å²) in [6.07, 6.45) is 1.90. The number of amides is 1. The Morgan fingerprint density at radius 2 is 2.25 bits per heavy atom. The van der Waals surface area contributed by atoms with Crippen molar-refractivity contribution >= 4 is 30.1 Å². The summed E-state index contributed by atoms with van der Waals surface area (Å²) in [6, 6.07) is 4.52. The molecule has 0 atom stereocenters. The highest BCUT2D eigenvalue weighted by atomic mass is 35.5. The Hall–Kier alpha value is -0.780. The summed E-state index contributed by atoms with van der Waals surface area (Å²) in [7, 11) is 0. The van der Waals surface area contributed by atoms with Crippen LogP contribution in [-0.4, -0.2) is 18.7 Å². The van der Waals surface area contributed by atoms with Gasteiger partial charge in [0.25, 0.3) is 0 Å². The molecule has 0 aliphatic heterocycles. The number of rotatable bonds is 4. The van der Waals surface area contributed by atoms with Crippen LogP contribution in [0.5, 0.6) is 0 Å². The number of halogens is 2. The Morgan fingerprint density at radius 3 is 2.81 bits per heavy atom. The molecule has 0 heterocycles. The molecule has 0 aliphatic rings. The van der Waals surface area contributed by atoms with Crippen molar-refractivity contribution in [1.82, 2.24) is 5.32 Å². The molecule has 0 aliphatic carbocycles. The third-order valence-corrected chi connectivity index (χ3v) is 2.74. The van der Waals surface area contributed by atoms with Crippen molar-refractivity contribution in [2.24, 2.45) is 5.73 Å². The maximum absolute atomic E-state index is 12.9. The number of hydrogen-bond donors (Lipinski definition) is 2. The van der Waals surface area contributed by atoms with E-state index < -0.39 is 0 Å². The number of nitrogens with one attached hydrogen (secondary N) is 1. The van der Waals surface area contributed by atoms with Crippen molar-refractivity contribution in [3.05, 3.63) is 29.6 Å². The molecule has 3 N–H and O–H groups in total. The largest absolute Gasteiger partial charge is 0.351 e. The van der Waals surface area contributed by atoms with Gasteiger partial charge in [0.2, 0.25) is 5.91 Å². The van der Waals surface area contributed by atoms with Crippen LogP contribution in [0.1, 0.15) is 5.56 Å². The molecule has 0 spiro atoms. The van der Waals surface area contributed by atoms with Crippen LogP contribution in [0.2, 0.25) is 0 Å². The van der Waals surface area contributed by atoms with E-state index in [2.05, 4.69) is 5.32 Å². The molecule has 0 radical (unpaired) electrons. The van der Waals surface area contributed by atoms with Crippen LogP contribution in [0.3, 0.4) is 0 Å². The van der Waals surface area contributed by atoms with Crippen LogP contribution >= 0.6 is 24.2 Å². The number of carbonyl (C=O) groups excluding carboxylic acids is 1. The molecule has 1 aromatic carbocycles. The van der Waals surface area contributed by atoms with Crippen LogP contribution in [-0.2, 0) is 11.3 Å². The molecule has 0 bridgehead atoms. The molecule has 1 aromatic rings. The zero-order valence-electron chi connectivity index (χ0n) is 8.83. The van der Waals surface area contributed by atoms with Crippen molar-refractivity contribution in [1.29, 1.82) is 0 Å². The molecule has 0 unspecified atom stereocenters. The van der Waals surface area contributed by atoms with Gasteiger partial charge in [0.1, 0.15) is 5.82 Å². The number of nitrogens with two attached hydrogens (primary N) is 1. The van der Waals surface area contributed by atoms with Crippen LogP contribution in [0.25, 0.3) is 0 Å². The molecule has 0 saturated carbocycles. The second kappa shape index (κ2) is 7.49. The standard InChI is InChI=1S/C10H13FN2OS.ClH/c1-15-9-3-2-8(11)4-7(9)6-13-10(14)5-12;/h2-4H,5-6,12H2,1H3,(H,13,14);1H. The van der Waals surface area contributed by atoms with Crippen LogP contribution < -0.4 is 11.1 Å². The zero-order chi connectivity index (χ0) is 11.3. The van der Waals surface area contributed by atoms with Crippen LogP contribution in [0.15, 0.2) is 23.1 Å². The molecule has 1 rings (SSSR count). The van der Waals surface area contributed by atoms with Gasteiger partial charge in [-0.3, -0.25) is 4.79 Å². The minimum Gasteiger partial charge on any atom is -0.351 e. The Labute approximate surface area is 104 Å². The van der Waals surface area contributed by atoms with Crippen molar-refractivity contribution in [2.75, 3.05) is 12.8 Å². The first-order chi connectivity index (χ1) is 7.17. The van der Waals surface area contributed by atoms with Gasteiger partial charge in [-0.15, -0.1) is 24.2 Å². The molecule has 0 fully saturated rings. The summed E-state index contributed by atoms with van der Waals surface area (Å²) in [5.41, 5.74) is 5.91. The Kier molecular flexibility index (Phi) is 7.12. The lowest BCUT2D eigenvalue weighted by Crippen LogP contribution is -2.29. The number of benzene rings is 1. The fourth-order valence-corrected chi connectivity index (χ4v) is 1.75. The summed E-state index contributed by atoms with van der Waals surface area (Å²) < 4.78 is 12.9. The normalized spacial score (nSPS) is 9.44. The number of thioether (sulfide) groups is 1. The highest BCUT2D eigenvalue weighted by Gasteiger charge is 2.04. The van der Waals surface area contributed by atoms with Crippen molar-refractivity contribution in [3.63, 3.8) is 0 Å². The van der Waals surface area contributed by atoms with Gasteiger partial charge in [0.15, 0.2) is 0 Å². The van der Waals surface area contributed by atoms with Gasteiger partial charge in [-0.05, 0) is 30.0 Å². The molecule has 0 aromatic heterocycles. The lowest BCUT2D eigenvalue weighted by molar-refractivity contribution is -0.119. The molecule has 90 valence electrons. The average molecular weight is 265 g/mol. The maximum Gasteiger partial charge on any atom is 0.234 e. The quantitative estimate of drug-likeness (QED) is 0.812. The molecule has 0 saturated heterocycles. The first-order valence-electron chi connectivity index (χ1n) is 4.46. The lowest BCUT2D eigenvalue weighted by atomic mass is 10.2. The SMILES string of the molecule is CSc1ccc(F)cc1CNC(=O)CN.Cl. The van der Waals surface area contributed by atoms with Gasteiger partial charge in [0.05, 0.1) is 6.54 Å². The van der Waals surface area contributed by atoms with E-state index in [1.807, 2.05) is 6.26 Å². The summed E-state index contributed by atoms with van der Waals surface area (Å²) in [5.74, 6) is -0.545. The molecule has 1 amide bonds. The van der Waals surface area contributed by atoms with E-state index in [1.165, 1.54) is 23.9 Å². The Bertz CT molecular complexity index is 363. The van der Waals surface area contributed by atoms with Crippen molar-refractivity contribution in [2.45, 2.75) is 11.4 Å². The summed E-state index contributed by atoms with van der Waals surface area (Å²) in [5, 5.41) is 2.61. The predicted octanol–water partition coefficient (Wildman–Crippen LogP) is 1.54. The molecule has 16 heavy (non-hydrogen) atoms. The predicted molar refractivity (Wildman–Crippen MR) is 66.3 cm³/mol. The van der Waals surface area contributed by atoms with E-state index in [9.17, 15) is 9.18 Å². The van der Waals surface area contributed by atoms with Gasteiger partial charge in [-0.25, -0.2) is 4.39 Å². The summed E-state index contributed by atoms with van der Waals surface area (Å²) >= 11 is 1.51. The highest BCUT2D eigenvalue weighted by molar-refractivity contribution is 7.98. The summed E-state index contributed by atoms with van der Waals surface area (Å²) in [4.78, 5) is 11.9. The van der Waals surface area contributed by atoms with Gasteiger partial charge in [-0.1, -0.05) is 0 Å². The first kappa shape index (κ1) is 15.2. The minimum atomic E-state index is -0.301. The van der Waals surface area contributed by atoms with Crippen LogP contribution in [0.4, 0.5) is 4.39 Å². The molecule has 3 nitrogen and oxygen atoms in total. The van der Waals surface area contributed by atoms with E-state index in [1.54, 1.807) is 6.07 Å². The first-order valence-corrected chi connectivity index (χ1v) is 5.69. The fraction of sp³-hybridized carbons (Fsp3) is 0.300. The second-order valence-corrected chi connectivity index (χ2v) is 3.79. The Morgan fingerprint density at radius 1 is 1.56 bits per heavy atom. The second-order valence-electron chi connectivity index (χ2n) is 2.94. The summed E-state index contributed by atoms with van der Waals surface area (Å²) in [6.45, 7) is 0.258.